The molecule has 0 saturated heterocycles. The third-order valence-corrected chi connectivity index (χ3v) is 2.84. The molecule has 0 fully saturated rings. The van der Waals surface area contributed by atoms with Crippen LogP contribution in [-0.4, -0.2) is 17.5 Å². The first-order valence-electron chi connectivity index (χ1n) is 5.20. The summed E-state index contributed by atoms with van der Waals surface area (Å²) in [5.41, 5.74) is 1.19. The highest BCUT2D eigenvalue weighted by molar-refractivity contribution is 6.20. The molecule has 0 amide bonds. The first-order valence-corrected chi connectivity index (χ1v) is 5.64. The van der Waals surface area contributed by atoms with Crippen LogP contribution in [0.2, 0.25) is 0 Å². The summed E-state index contributed by atoms with van der Waals surface area (Å²) in [5.74, 6) is 1.49. The van der Waals surface area contributed by atoms with E-state index in [1.807, 2.05) is 19.1 Å². The van der Waals surface area contributed by atoms with Crippen LogP contribution in [0.4, 0.5) is 0 Å². The molecule has 15 heavy (non-hydrogen) atoms. The van der Waals surface area contributed by atoms with Crippen LogP contribution in [0.15, 0.2) is 18.3 Å². The van der Waals surface area contributed by atoms with Gasteiger partial charge in [0.2, 0.25) is 5.88 Å². The van der Waals surface area contributed by atoms with Crippen LogP contribution in [0.1, 0.15) is 32.3 Å². The molecule has 0 aliphatic heterocycles. The van der Waals surface area contributed by atoms with Crippen molar-refractivity contribution < 1.29 is 4.74 Å². The van der Waals surface area contributed by atoms with Gasteiger partial charge in [-0.15, -0.1) is 11.6 Å². The maximum Gasteiger partial charge on any atom is 0.213 e. The van der Waals surface area contributed by atoms with E-state index in [4.69, 9.17) is 16.3 Å². The van der Waals surface area contributed by atoms with E-state index >= 15 is 0 Å². The molecule has 1 aromatic rings. The first kappa shape index (κ1) is 12.3. The minimum Gasteiger partial charge on any atom is -0.481 e. The van der Waals surface area contributed by atoms with Gasteiger partial charge in [0.05, 0.1) is 7.11 Å². The lowest BCUT2D eigenvalue weighted by molar-refractivity contribution is 0.395. The van der Waals surface area contributed by atoms with Crippen LogP contribution in [-0.2, 0) is 0 Å². The molecule has 2 unspecified atom stereocenters. The Hall–Kier alpha value is -0.760. The minimum atomic E-state index is 0.108. The Balaban J connectivity index is 3.00. The van der Waals surface area contributed by atoms with E-state index in [1.54, 1.807) is 13.3 Å². The molecule has 1 aromatic heterocycles. The van der Waals surface area contributed by atoms with Crippen molar-refractivity contribution in [2.45, 2.75) is 32.1 Å². The molecule has 2 atom stereocenters. The molecule has 0 saturated carbocycles. The molecule has 1 heterocycles. The quantitative estimate of drug-likeness (QED) is 0.735. The SMILES string of the molecule is COc1cc(C(C(C)C)C(C)Cl)ccn1. The number of halogens is 1. The molecular formula is C12H18ClNO. The summed E-state index contributed by atoms with van der Waals surface area (Å²) in [7, 11) is 1.63. The molecule has 1 rings (SSSR count). The molecule has 2 nitrogen and oxygen atoms in total. The van der Waals surface area contributed by atoms with E-state index in [2.05, 4.69) is 18.8 Å². The van der Waals surface area contributed by atoms with Crippen LogP contribution in [0.5, 0.6) is 5.88 Å². The fraction of sp³-hybridized carbons (Fsp3) is 0.583. The van der Waals surface area contributed by atoms with Crippen molar-refractivity contribution in [1.82, 2.24) is 4.98 Å². The third-order valence-electron chi connectivity index (χ3n) is 2.57. The highest BCUT2D eigenvalue weighted by atomic mass is 35.5. The fourth-order valence-electron chi connectivity index (χ4n) is 1.92. The summed E-state index contributed by atoms with van der Waals surface area (Å²) in [6.45, 7) is 6.38. The monoisotopic (exact) mass is 227 g/mol. The van der Waals surface area contributed by atoms with Gasteiger partial charge >= 0.3 is 0 Å². The van der Waals surface area contributed by atoms with Crippen LogP contribution in [0, 0.1) is 5.92 Å². The Morgan fingerprint density at radius 3 is 2.47 bits per heavy atom. The van der Waals surface area contributed by atoms with Gasteiger partial charge in [0.15, 0.2) is 0 Å². The topological polar surface area (TPSA) is 22.1 Å². The Kier molecular flexibility index (Phi) is 4.40. The molecule has 0 aromatic carbocycles. The lowest BCUT2D eigenvalue weighted by Gasteiger charge is -2.23. The largest absolute Gasteiger partial charge is 0.481 e. The van der Waals surface area contributed by atoms with Crippen molar-refractivity contribution in [3.05, 3.63) is 23.9 Å². The zero-order chi connectivity index (χ0) is 11.4. The number of pyridine rings is 1. The summed E-state index contributed by atoms with van der Waals surface area (Å²) in [5, 5.41) is 0.108. The predicted molar refractivity (Wildman–Crippen MR) is 63.7 cm³/mol. The highest BCUT2D eigenvalue weighted by Gasteiger charge is 2.21. The molecule has 0 spiro atoms. The Bertz CT molecular complexity index is 304. The van der Waals surface area contributed by atoms with E-state index < -0.39 is 0 Å². The summed E-state index contributed by atoms with van der Waals surface area (Å²) < 4.78 is 5.11. The molecule has 0 aliphatic rings. The number of methoxy groups -OCH3 is 1. The summed E-state index contributed by atoms with van der Waals surface area (Å²) in [6, 6.07) is 3.97. The Morgan fingerprint density at radius 2 is 2.00 bits per heavy atom. The highest BCUT2D eigenvalue weighted by Crippen LogP contribution is 2.31. The number of aromatic nitrogens is 1. The first-order chi connectivity index (χ1) is 7.06. The van der Waals surface area contributed by atoms with Gasteiger partial charge in [0, 0.05) is 23.6 Å². The van der Waals surface area contributed by atoms with Gasteiger partial charge in [-0.2, -0.15) is 0 Å². The lowest BCUT2D eigenvalue weighted by Crippen LogP contribution is -2.16. The second kappa shape index (κ2) is 5.36. The average Bonchev–Trinajstić information content (AvgIpc) is 2.17. The van der Waals surface area contributed by atoms with E-state index in [0.29, 0.717) is 17.7 Å². The lowest BCUT2D eigenvalue weighted by atomic mass is 9.86. The van der Waals surface area contributed by atoms with Gasteiger partial charge in [0.25, 0.3) is 0 Å². The standard InChI is InChI=1S/C12H18ClNO/c1-8(2)12(9(3)13)10-5-6-14-11(7-10)15-4/h5-9,12H,1-4H3. The summed E-state index contributed by atoms with van der Waals surface area (Å²) in [4.78, 5) is 4.09. The van der Waals surface area contributed by atoms with E-state index in [0.717, 1.165) is 0 Å². The third kappa shape index (κ3) is 3.10. The Morgan fingerprint density at radius 1 is 1.33 bits per heavy atom. The van der Waals surface area contributed by atoms with Gasteiger partial charge < -0.3 is 4.74 Å². The molecular weight excluding hydrogens is 210 g/mol. The van der Waals surface area contributed by atoms with E-state index in [-0.39, 0.29) is 5.38 Å². The number of ether oxygens (including phenoxy) is 1. The smallest absolute Gasteiger partial charge is 0.213 e. The number of rotatable bonds is 4. The number of nitrogens with zero attached hydrogens (tertiary/aromatic N) is 1. The van der Waals surface area contributed by atoms with Crippen LogP contribution in [0.25, 0.3) is 0 Å². The van der Waals surface area contributed by atoms with Gasteiger partial charge in [-0.05, 0) is 24.5 Å². The molecule has 0 N–H and O–H groups in total. The van der Waals surface area contributed by atoms with Gasteiger partial charge in [-0.3, -0.25) is 0 Å². The van der Waals surface area contributed by atoms with Crippen molar-refractivity contribution in [2.24, 2.45) is 5.92 Å². The molecule has 3 heteroatoms. The molecule has 0 bridgehead atoms. The van der Waals surface area contributed by atoms with Crippen molar-refractivity contribution in [3.63, 3.8) is 0 Å². The number of hydrogen-bond donors (Lipinski definition) is 0. The van der Waals surface area contributed by atoms with Crippen molar-refractivity contribution in [3.8, 4) is 5.88 Å². The zero-order valence-electron chi connectivity index (χ0n) is 9.70. The van der Waals surface area contributed by atoms with Crippen molar-refractivity contribution in [2.75, 3.05) is 7.11 Å². The Labute approximate surface area is 96.6 Å². The second-order valence-corrected chi connectivity index (χ2v) is 4.77. The molecule has 0 radical (unpaired) electrons. The number of hydrogen-bond acceptors (Lipinski definition) is 2. The molecule has 0 aliphatic carbocycles. The van der Waals surface area contributed by atoms with E-state index in [9.17, 15) is 0 Å². The van der Waals surface area contributed by atoms with Gasteiger partial charge in [0.1, 0.15) is 0 Å². The van der Waals surface area contributed by atoms with Crippen molar-refractivity contribution in [1.29, 1.82) is 0 Å². The van der Waals surface area contributed by atoms with Gasteiger partial charge in [-0.1, -0.05) is 13.8 Å². The second-order valence-electron chi connectivity index (χ2n) is 4.08. The number of alkyl halides is 1. The maximum atomic E-state index is 6.21. The van der Waals surface area contributed by atoms with Crippen LogP contribution >= 0.6 is 11.6 Å². The average molecular weight is 228 g/mol. The van der Waals surface area contributed by atoms with Crippen molar-refractivity contribution >= 4 is 11.6 Å². The summed E-state index contributed by atoms with van der Waals surface area (Å²) in [6.07, 6.45) is 1.77. The normalized spacial score (nSPS) is 15.1. The summed E-state index contributed by atoms with van der Waals surface area (Å²) >= 11 is 6.21. The minimum absolute atomic E-state index is 0.108. The molecule has 84 valence electrons. The predicted octanol–water partition coefficient (Wildman–Crippen LogP) is 3.46. The van der Waals surface area contributed by atoms with E-state index in [1.165, 1.54) is 5.56 Å². The van der Waals surface area contributed by atoms with Crippen LogP contribution < -0.4 is 4.74 Å². The zero-order valence-corrected chi connectivity index (χ0v) is 10.5. The fourth-order valence-corrected chi connectivity index (χ4v) is 2.36. The van der Waals surface area contributed by atoms with Gasteiger partial charge in [-0.25, -0.2) is 4.98 Å². The maximum absolute atomic E-state index is 6.21. The van der Waals surface area contributed by atoms with Crippen LogP contribution in [0.3, 0.4) is 0 Å².